The molecule has 2 saturated carbocycles. The van der Waals surface area contributed by atoms with Gasteiger partial charge in [0.25, 0.3) is 0 Å². The molecule has 0 heterocycles. The summed E-state index contributed by atoms with van der Waals surface area (Å²) in [4.78, 5) is 23.9. The maximum absolute atomic E-state index is 12.8. The number of Topliss-reactive ketones (excluding diaryl/α,β-unsaturated/α-hetero) is 1. The van der Waals surface area contributed by atoms with Crippen molar-refractivity contribution in [3.8, 4) is 0 Å². The number of carbonyl (C=O) groups excluding carboxylic acids is 2. The third kappa shape index (κ3) is 2.61. The minimum Gasteiger partial charge on any atom is -0.458 e. The van der Waals surface area contributed by atoms with Crippen molar-refractivity contribution in [1.29, 1.82) is 0 Å². The van der Waals surface area contributed by atoms with E-state index in [4.69, 9.17) is 4.74 Å². The minimum atomic E-state index is -0.360. The van der Waals surface area contributed by atoms with Gasteiger partial charge in [0.05, 0.1) is 0 Å². The quantitative estimate of drug-likeness (QED) is 0.678. The Kier molecular flexibility index (Phi) is 4.40. The average Bonchev–Trinajstić information content (AvgIpc) is 2.96. The predicted octanol–water partition coefficient (Wildman–Crippen LogP) is 4.86. The molecule has 6 atom stereocenters. The largest absolute Gasteiger partial charge is 0.458 e. The van der Waals surface area contributed by atoms with E-state index in [2.05, 4.69) is 32.1 Å². The molecule has 0 aliphatic heterocycles. The molecular weight excluding hydrogens is 324 g/mol. The zero-order valence-electron chi connectivity index (χ0n) is 16.4. The number of ketones is 1. The lowest BCUT2D eigenvalue weighted by atomic mass is 9.48. The second-order valence-electron chi connectivity index (χ2n) is 9.54. The highest BCUT2D eigenvalue weighted by Crippen LogP contribution is 2.65. The minimum absolute atomic E-state index is 0.0448. The zero-order valence-corrected chi connectivity index (χ0v) is 16.4. The standard InChI is InChI=1S/C23H32O3/c1-15(24)26-14-21(25)20-10-9-18-17-8-7-16-6-4-5-12-22(16,2)19(17)11-13-23(18,20)3/h6-8,17-20H,4-5,9-14H2,1-3H3/t17-,18-,19-,20+,22-,23-/m0/s1. The van der Waals surface area contributed by atoms with Crippen LogP contribution in [0.15, 0.2) is 23.8 Å². The summed E-state index contributed by atoms with van der Waals surface area (Å²) in [5, 5.41) is 0. The molecule has 26 heavy (non-hydrogen) atoms. The van der Waals surface area contributed by atoms with Crippen LogP contribution in [0.1, 0.15) is 65.7 Å². The first-order valence-corrected chi connectivity index (χ1v) is 10.4. The van der Waals surface area contributed by atoms with Gasteiger partial charge in [0, 0.05) is 12.8 Å². The van der Waals surface area contributed by atoms with Crippen molar-refractivity contribution in [2.24, 2.45) is 34.5 Å². The lowest BCUT2D eigenvalue weighted by molar-refractivity contribution is -0.148. The molecule has 0 N–H and O–H groups in total. The Hall–Kier alpha value is -1.38. The van der Waals surface area contributed by atoms with Crippen molar-refractivity contribution in [1.82, 2.24) is 0 Å². The smallest absolute Gasteiger partial charge is 0.303 e. The molecule has 4 rings (SSSR count). The molecule has 4 aliphatic rings. The fourth-order valence-corrected chi connectivity index (χ4v) is 6.99. The molecule has 0 saturated heterocycles. The van der Waals surface area contributed by atoms with Crippen LogP contribution in [-0.4, -0.2) is 18.4 Å². The summed E-state index contributed by atoms with van der Waals surface area (Å²) >= 11 is 0. The third-order valence-electron chi connectivity index (χ3n) is 8.38. The number of rotatable bonds is 3. The summed E-state index contributed by atoms with van der Waals surface area (Å²) in [6.45, 7) is 6.15. The SMILES string of the molecule is CC(=O)OCC(=O)[C@H]1CC[C@H]2[C@@H]3C=CC4=CCCC[C@]4(C)[C@H]3CC[C@]12C. The van der Waals surface area contributed by atoms with Crippen LogP contribution < -0.4 is 0 Å². The number of esters is 1. The van der Waals surface area contributed by atoms with Crippen LogP contribution in [0, 0.1) is 34.5 Å². The highest BCUT2D eigenvalue weighted by Gasteiger charge is 2.58. The van der Waals surface area contributed by atoms with Crippen LogP contribution in [0.2, 0.25) is 0 Å². The molecule has 142 valence electrons. The van der Waals surface area contributed by atoms with Crippen molar-refractivity contribution in [2.75, 3.05) is 6.61 Å². The Balaban J connectivity index is 1.58. The van der Waals surface area contributed by atoms with Crippen molar-refractivity contribution < 1.29 is 14.3 Å². The molecule has 0 spiro atoms. The average molecular weight is 357 g/mol. The van der Waals surface area contributed by atoms with Gasteiger partial charge in [-0.2, -0.15) is 0 Å². The Bertz CT molecular complexity index is 675. The number of hydrogen-bond acceptors (Lipinski definition) is 3. The topological polar surface area (TPSA) is 43.4 Å². The summed E-state index contributed by atoms with van der Waals surface area (Å²) in [7, 11) is 0. The number of fused-ring (bicyclic) bond motifs is 5. The van der Waals surface area contributed by atoms with Gasteiger partial charge in [-0.3, -0.25) is 9.59 Å². The monoisotopic (exact) mass is 356 g/mol. The van der Waals surface area contributed by atoms with E-state index in [0.29, 0.717) is 17.3 Å². The van der Waals surface area contributed by atoms with Crippen molar-refractivity contribution in [2.45, 2.75) is 65.7 Å². The number of carbonyl (C=O) groups is 2. The van der Waals surface area contributed by atoms with Crippen LogP contribution in [0.3, 0.4) is 0 Å². The van der Waals surface area contributed by atoms with Crippen LogP contribution >= 0.6 is 0 Å². The van der Waals surface area contributed by atoms with E-state index >= 15 is 0 Å². The van der Waals surface area contributed by atoms with E-state index in [0.717, 1.165) is 25.2 Å². The van der Waals surface area contributed by atoms with Crippen LogP contribution in [0.4, 0.5) is 0 Å². The van der Waals surface area contributed by atoms with Gasteiger partial charge in [0.15, 0.2) is 5.78 Å². The van der Waals surface area contributed by atoms with E-state index < -0.39 is 0 Å². The van der Waals surface area contributed by atoms with Gasteiger partial charge in [-0.1, -0.05) is 32.1 Å². The molecule has 0 unspecified atom stereocenters. The first kappa shape index (κ1) is 18.0. The molecule has 2 fully saturated rings. The van der Waals surface area contributed by atoms with Crippen molar-refractivity contribution in [3.63, 3.8) is 0 Å². The Morgan fingerprint density at radius 3 is 2.73 bits per heavy atom. The van der Waals surface area contributed by atoms with Gasteiger partial charge in [-0.05, 0) is 79.1 Å². The summed E-state index contributed by atoms with van der Waals surface area (Å²) in [6.07, 6.45) is 15.6. The molecule has 0 bridgehead atoms. The Morgan fingerprint density at radius 2 is 1.96 bits per heavy atom. The zero-order chi connectivity index (χ0) is 18.5. The van der Waals surface area contributed by atoms with Gasteiger partial charge >= 0.3 is 5.97 Å². The maximum atomic E-state index is 12.8. The van der Waals surface area contributed by atoms with Gasteiger partial charge in [-0.15, -0.1) is 0 Å². The van der Waals surface area contributed by atoms with Gasteiger partial charge in [-0.25, -0.2) is 0 Å². The van der Waals surface area contributed by atoms with Crippen LogP contribution in [0.5, 0.6) is 0 Å². The van der Waals surface area contributed by atoms with E-state index in [-0.39, 0.29) is 29.7 Å². The van der Waals surface area contributed by atoms with Crippen molar-refractivity contribution in [3.05, 3.63) is 23.8 Å². The number of ether oxygens (including phenoxy) is 1. The van der Waals surface area contributed by atoms with Gasteiger partial charge in [0.1, 0.15) is 6.61 Å². The second kappa shape index (κ2) is 6.35. The molecular formula is C23H32O3. The van der Waals surface area contributed by atoms with Crippen molar-refractivity contribution >= 4 is 11.8 Å². The maximum Gasteiger partial charge on any atom is 0.303 e. The molecule has 3 nitrogen and oxygen atoms in total. The van der Waals surface area contributed by atoms with E-state index in [1.165, 1.54) is 32.6 Å². The lowest BCUT2D eigenvalue weighted by Gasteiger charge is -2.56. The van der Waals surface area contributed by atoms with E-state index in [1.807, 2.05) is 0 Å². The number of hydrogen-bond donors (Lipinski definition) is 0. The van der Waals surface area contributed by atoms with E-state index in [1.54, 1.807) is 5.57 Å². The summed E-state index contributed by atoms with van der Waals surface area (Å²) in [5.41, 5.74) is 1.96. The third-order valence-corrected chi connectivity index (χ3v) is 8.38. The fourth-order valence-electron chi connectivity index (χ4n) is 6.99. The predicted molar refractivity (Wildman–Crippen MR) is 101 cm³/mol. The number of allylic oxidation sites excluding steroid dienone is 4. The summed E-state index contributed by atoms with van der Waals surface area (Å²) in [6, 6.07) is 0. The summed E-state index contributed by atoms with van der Waals surface area (Å²) in [5.74, 6) is 1.73. The molecule has 0 aromatic heterocycles. The molecule has 0 amide bonds. The summed E-state index contributed by atoms with van der Waals surface area (Å²) < 4.78 is 5.02. The lowest BCUT2D eigenvalue weighted by Crippen LogP contribution is -2.49. The highest BCUT2D eigenvalue weighted by atomic mass is 16.5. The first-order valence-electron chi connectivity index (χ1n) is 10.4. The molecule has 0 aromatic rings. The first-order chi connectivity index (χ1) is 12.4. The fraction of sp³-hybridized carbons (Fsp3) is 0.739. The van der Waals surface area contributed by atoms with Gasteiger partial charge in [0.2, 0.25) is 0 Å². The normalized spacial score (nSPS) is 43.7. The molecule has 3 heteroatoms. The highest BCUT2D eigenvalue weighted by molar-refractivity contribution is 5.85. The van der Waals surface area contributed by atoms with Crippen LogP contribution in [0.25, 0.3) is 0 Å². The van der Waals surface area contributed by atoms with E-state index in [9.17, 15) is 9.59 Å². The Morgan fingerprint density at radius 1 is 1.15 bits per heavy atom. The molecule has 4 aliphatic carbocycles. The second-order valence-corrected chi connectivity index (χ2v) is 9.54. The Labute approximate surface area is 157 Å². The van der Waals surface area contributed by atoms with Crippen LogP contribution in [-0.2, 0) is 14.3 Å². The molecule has 0 aromatic carbocycles. The van der Waals surface area contributed by atoms with Gasteiger partial charge < -0.3 is 4.74 Å². The molecule has 0 radical (unpaired) electrons.